The predicted molar refractivity (Wildman–Crippen MR) is 66.6 cm³/mol. The molecule has 0 unspecified atom stereocenters. The zero-order chi connectivity index (χ0) is 12.3. The van der Waals surface area contributed by atoms with E-state index in [2.05, 4.69) is 5.32 Å². The van der Waals surface area contributed by atoms with Gasteiger partial charge in [0.1, 0.15) is 5.82 Å². The maximum Gasteiger partial charge on any atom is 0.160 e. The van der Waals surface area contributed by atoms with Crippen LogP contribution in [0.4, 0.5) is 10.1 Å². The molecule has 4 heteroatoms. The summed E-state index contributed by atoms with van der Waals surface area (Å²) in [6.45, 7) is 0. The van der Waals surface area contributed by atoms with E-state index in [0.717, 1.165) is 24.8 Å². The van der Waals surface area contributed by atoms with Gasteiger partial charge in [-0.3, -0.25) is 4.79 Å². The quantitative estimate of drug-likeness (QED) is 0.810. The van der Waals surface area contributed by atoms with Gasteiger partial charge in [-0.1, -0.05) is 11.6 Å². The van der Waals surface area contributed by atoms with Crippen molar-refractivity contribution >= 4 is 23.1 Å². The van der Waals surface area contributed by atoms with E-state index in [-0.39, 0.29) is 10.8 Å². The van der Waals surface area contributed by atoms with E-state index in [9.17, 15) is 9.18 Å². The number of nitrogens with one attached hydrogen (secondary N) is 1. The average Bonchev–Trinajstić information content (AvgIpc) is 2.32. The maximum atomic E-state index is 12.9. The highest BCUT2D eigenvalue weighted by Crippen LogP contribution is 2.22. The van der Waals surface area contributed by atoms with Crippen molar-refractivity contribution in [3.8, 4) is 0 Å². The van der Waals surface area contributed by atoms with Crippen LogP contribution in [0.25, 0.3) is 0 Å². The molecule has 0 aromatic heterocycles. The summed E-state index contributed by atoms with van der Waals surface area (Å²) in [7, 11) is 0. The summed E-state index contributed by atoms with van der Waals surface area (Å²) >= 11 is 5.66. The molecule has 1 saturated carbocycles. The second-order valence-corrected chi connectivity index (χ2v) is 4.48. The van der Waals surface area contributed by atoms with E-state index in [1.165, 1.54) is 12.1 Å². The molecule has 0 amide bonds. The molecule has 2 nitrogen and oxygen atoms in total. The summed E-state index contributed by atoms with van der Waals surface area (Å²) in [6.07, 6.45) is 5.14. The van der Waals surface area contributed by atoms with Crippen molar-refractivity contribution in [1.29, 1.82) is 0 Å². The van der Waals surface area contributed by atoms with E-state index in [1.54, 1.807) is 12.3 Å². The smallest absolute Gasteiger partial charge is 0.160 e. The van der Waals surface area contributed by atoms with Crippen molar-refractivity contribution in [2.24, 2.45) is 0 Å². The van der Waals surface area contributed by atoms with E-state index >= 15 is 0 Å². The number of ketones is 1. The Balaban J connectivity index is 2.08. The van der Waals surface area contributed by atoms with Crippen LogP contribution in [0.2, 0.25) is 5.02 Å². The first kappa shape index (κ1) is 12.1. The van der Waals surface area contributed by atoms with Crippen LogP contribution in [0.5, 0.6) is 0 Å². The molecule has 1 fully saturated rings. The molecule has 0 bridgehead atoms. The minimum absolute atomic E-state index is 0.0726. The van der Waals surface area contributed by atoms with Gasteiger partial charge in [-0.15, -0.1) is 0 Å². The number of benzene rings is 1. The van der Waals surface area contributed by atoms with Crippen LogP contribution in [0.15, 0.2) is 30.0 Å². The number of anilines is 1. The third-order valence-corrected chi connectivity index (χ3v) is 3.08. The molecule has 0 spiro atoms. The van der Waals surface area contributed by atoms with E-state index < -0.39 is 5.82 Å². The van der Waals surface area contributed by atoms with E-state index in [4.69, 9.17) is 11.6 Å². The van der Waals surface area contributed by atoms with Gasteiger partial charge in [0.15, 0.2) is 5.78 Å². The molecule has 1 N–H and O–H groups in total. The summed E-state index contributed by atoms with van der Waals surface area (Å²) in [6, 6.07) is 4.39. The molecule has 0 saturated heterocycles. The van der Waals surface area contributed by atoms with Crippen LogP contribution in [0.1, 0.15) is 25.7 Å². The number of allylic oxidation sites excluding steroid dienone is 1. The first-order valence-corrected chi connectivity index (χ1v) is 5.98. The standard InChI is InChI=1S/C13H13ClFNO/c14-11-7-10(5-6-12(11)15)16-8-9-3-1-2-4-13(9)17/h5-8,16H,1-4H2/b9-8-. The van der Waals surface area contributed by atoms with Gasteiger partial charge in [0, 0.05) is 23.9 Å². The lowest BCUT2D eigenvalue weighted by Gasteiger charge is -2.12. The maximum absolute atomic E-state index is 12.9. The molecule has 0 atom stereocenters. The van der Waals surface area contributed by atoms with E-state index in [0.29, 0.717) is 12.1 Å². The van der Waals surface area contributed by atoms with Gasteiger partial charge in [0.05, 0.1) is 5.02 Å². The lowest BCUT2D eigenvalue weighted by Crippen LogP contribution is -2.09. The third kappa shape index (κ3) is 3.07. The Morgan fingerprint density at radius 3 is 2.76 bits per heavy atom. The summed E-state index contributed by atoms with van der Waals surface area (Å²) < 4.78 is 12.9. The number of hydrogen-bond acceptors (Lipinski definition) is 2. The van der Waals surface area contributed by atoms with Gasteiger partial charge in [-0.25, -0.2) is 4.39 Å². The zero-order valence-electron chi connectivity index (χ0n) is 9.30. The number of carbonyl (C=O) groups is 1. The molecular weight excluding hydrogens is 241 g/mol. The van der Waals surface area contributed by atoms with Crippen LogP contribution in [-0.2, 0) is 4.79 Å². The lowest BCUT2D eigenvalue weighted by atomic mass is 9.94. The molecule has 90 valence electrons. The summed E-state index contributed by atoms with van der Waals surface area (Å²) in [5, 5.41) is 3.05. The van der Waals surface area contributed by atoms with Crippen molar-refractivity contribution in [3.05, 3.63) is 40.8 Å². The van der Waals surface area contributed by atoms with Gasteiger partial charge in [0.25, 0.3) is 0 Å². The number of Topliss-reactive ketones (excluding diaryl/α,β-unsaturated/α-hetero) is 1. The van der Waals surface area contributed by atoms with Crippen LogP contribution < -0.4 is 5.32 Å². The second-order valence-electron chi connectivity index (χ2n) is 4.07. The van der Waals surface area contributed by atoms with Crippen molar-refractivity contribution in [2.45, 2.75) is 25.7 Å². The molecule has 1 aromatic carbocycles. The Morgan fingerprint density at radius 1 is 1.29 bits per heavy atom. The highest BCUT2D eigenvalue weighted by Gasteiger charge is 2.14. The van der Waals surface area contributed by atoms with Crippen LogP contribution in [0, 0.1) is 5.82 Å². The Morgan fingerprint density at radius 2 is 2.06 bits per heavy atom. The SMILES string of the molecule is O=C1CCCC/C1=C/Nc1ccc(F)c(Cl)c1. The predicted octanol–water partition coefficient (Wildman–Crippen LogP) is 3.92. The molecule has 0 radical (unpaired) electrons. The molecule has 1 aromatic rings. The van der Waals surface area contributed by atoms with Crippen LogP contribution in [-0.4, -0.2) is 5.78 Å². The summed E-state index contributed by atoms with van der Waals surface area (Å²) in [5.41, 5.74) is 1.49. The Kier molecular flexibility index (Phi) is 3.79. The van der Waals surface area contributed by atoms with Gasteiger partial charge >= 0.3 is 0 Å². The van der Waals surface area contributed by atoms with Crippen molar-refractivity contribution < 1.29 is 9.18 Å². The first-order valence-electron chi connectivity index (χ1n) is 5.60. The fourth-order valence-corrected chi connectivity index (χ4v) is 1.99. The molecular formula is C13H13ClFNO. The van der Waals surface area contributed by atoms with Crippen molar-refractivity contribution in [2.75, 3.05) is 5.32 Å². The lowest BCUT2D eigenvalue weighted by molar-refractivity contribution is -0.116. The number of hydrogen-bond donors (Lipinski definition) is 1. The third-order valence-electron chi connectivity index (χ3n) is 2.79. The van der Waals surface area contributed by atoms with Crippen molar-refractivity contribution in [3.63, 3.8) is 0 Å². The number of carbonyl (C=O) groups excluding carboxylic acids is 1. The monoisotopic (exact) mass is 253 g/mol. The van der Waals surface area contributed by atoms with Gasteiger partial charge in [0.2, 0.25) is 0 Å². The average molecular weight is 254 g/mol. The Labute approximate surface area is 104 Å². The number of halogens is 2. The van der Waals surface area contributed by atoms with Crippen molar-refractivity contribution in [1.82, 2.24) is 0 Å². The van der Waals surface area contributed by atoms with Gasteiger partial charge in [-0.05, 0) is 37.5 Å². The zero-order valence-corrected chi connectivity index (χ0v) is 10.1. The van der Waals surface area contributed by atoms with E-state index in [1.807, 2.05) is 0 Å². The normalized spacial score (nSPS) is 18.5. The van der Waals surface area contributed by atoms with Gasteiger partial charge in [-0.2, -0.15) is 0 Å². The topological polar surface area (TPSA) is 29.1 Å². The first-order chi connectivity index (χ1) is 8.16. The highest BCUT2D eigenvalue weighted by atomic mass is 35.5. The highest BCUT2D eigenvalue weighted by molar-refractivity contribution is 6.31. The minimum Gasteiger partial charge on any atom is -0.361 e. The fourth-order valence-electron chi connectivity index (χ4n) is 1.81. The second kappa shape index (κ2) is 5.32. The van der Waals surface area contributed by atoms with Crippen LogP contribution in [0.3, 0.4) is 0 Å². The van der Waals surface area contributed by atoms with Crippen LogP contribution >= 0.6 is 11.6 Å². The molecule has 1 aliphatic carbocycles. The molecule has 0 aliphatic heterocycles. The summed E-state index contributed by atoms with van der Waals surface area (Å²) in [5.74, 6) is -0.254. The fraction of sp³-hybridized carbons (Fsp3) is 0.308. The molecule has 2 rings (SSSR count). The Hall–Kier alpha value is -1.35. The largest absolute Gasteiger partial charge is 0.361 e. The summed E-state index contributed by atoms with van der Waals surface area (Å²) in [4.78, 5) is 11.5. The molecule has 0 heterocycles. The molecule has 1 aliphatic rings. The minimum atomic E-state index is -0.446. The van der Waals surface area contributed by atoms with Gasteiger partial charge < -0.3 is 5.32 Å². The Bertz CT molecular complexity index is 470. The molecule has 17 heavy (non-hydrogen) atoms. The number of rotatable bonds is 2.